The summed E-state index contributed by atoms with van der Waals surface area (Å²) in [6.07, 6.45) is 0. The number of hydrogen-bond acceptors (Lipinski definition) is 3. The predicted octanol–water partition coefficient (Wildman–Crippen LogP) is 4.55. The van der Waals surface area contributed by atoms with Gasteiger partial charge >= 0.3 is 0 Å². The minimum atomic E-state index is -0.103. The monoisotopic (exact) mass is 354 g/mol. The van der Waals surface area contributed by atoms with Gasteiger partial charge in [-0.2, -0.15) is 0 Å². The number of carbonyl (C=O) groups excluding carboxylic acids is 2. The number of amides is 2. The zero-order valence-electron chi connectivity index (χ0n) is 14.7. The Labute approximate surface area is 152 Å². The smallest absolute Gasteiger partial charge is 0.238 e. The van der Waals surface area contributed by atoms with Gasteiger partial charge in [-0.15, -0.1) is 11.8 Å². The second-order valence-electron chi connectivity index (χ2n) is 6.48. The lowest BCUT2D eigenvalue weighted by atomic mass is 10.0. The molecule has 3 rings (SSSR count). The lowest BCUT2D eigenvalue weighted by Crippen LogP contribution is -2.27. The summed E-state index contributed by atoms with van der Waals surface area (Å²) >= 11 is 1.61. The van der Waals surface area contributed by atoms with Crippen LogP contribution in [0.3, 0.4) is 0 Å². The maximum Gasteiger partial charge on any atom is 0.238 e. The Bertz CT molecular complexity index is 787. The van der Waals surface area contributed by atoms with Gasteiger partial charge in [0.2, 0.25) is 11.8 Å². The van der Waals surface area contributed by atoms with Crippen LogP contribution in [-0.2, 0) is 9.59 Å². The minimum absolute atomic E-state index is 0.0777. The Morgan fingerprint density at radius 3 is 2.56 bits per heavy atom. The molecule has 2 aromatic carbocycles. The SMILES string of the molecule is CC(=O)Nc1cccc([C@@H]2SCC(=O)N2c2ccc(C(C)C)cc2)c1. The van der Waals surface area contributed by atoms with Crippen LogP contribution in [0.25, 0.3) is 0 Å². The molecule has 0 bridgehead atoms. The average molecular weight is 354 g/mol. The molecule has 25 heavy (non-hydrogen) atoms. The van der Waals surface area contributed by atoms with E-state index < -0.39 is 0 Å². The van der Waals surface area contributed by atoms with Crippen LogP contribution in [0.1, 0.15) is 43.2 Å². The number of rotatable bonds is 4. The van der Waals surface area contributed by atoms with Gasteiger partial charge < -0.3 is 5.32 Å². The summed E-state index contributed by atoms with van der Waals surface area (Å²) in [4.78, 5) is 25.6. The Hall–Kier alpha value is -2.27. The normalized spacial score (nSPS) is 17.2. The van der Waals surface area contributed by atoms with Crippen molar-refractivity contribution >= 4 is 35.0 Å². The molecular formula is C20H22N2O2S. The van der Waals surface area contributed by atoms with Crippen LogP contribution in [0.4, 0.5) is 11.4 Å². The zero-order valence-corrected chi connectivity index (χ0v) is 15.5. The summed E-state index contributed by atoms with van der Waals surface area (Å²) < 4.78 is 0. The van der Waals surface area contributed by atoms with Crippen LogP contribution in [0.5, 0.6) is 0 Å². The number of nitrogens with zero attached hydrogens (tertiary/aromatic N) is 1. The summed E-state index contributed by atoms with van der Waals surface area (Å²) in [6.45, 7) is 5.80. The molecule has 5 heteroatoms. The molecule has 1 heterocycles. The van der Waals surface area contributed by atoms with Crippen molar-refractivity contribution in [2.75, 3.05) is 16.0 Å². The number of hydrogen-bond donors (Lipinski definition) is 1. The molecule has 1 aliphatic rings. The maximum absolute atomic E-state index is 12.5. The Morgan fingerprint density at radius 1 is 1.20 bits per heavy atom. The van der Waals surface area contributed by atoms with Gasteiger partial charge in [0.05, 0.1) is 5.75 Å². The first-order chi connectivity index (χ1) is 12.0. The molecule has 1 atom stereocenters. The number of nitrogens with one attached hydrogen (secondary N) is 1. The quantitative estimate of drug-likeness (QED) is 0.876. The average Bonchev–Trinajstić information content (AvgIpc) is 2.96. The van der Waals surface area contributed by atoms with E-state index in [0.29, 0.717) is 11.7 Å². The van der Waals surface area contributed by atoms with E-state index >= 15 is 0 Å². The fraction of sp³-hybridized carbons (Fsp3) is 0.300. The van der Waals surface area contributed by atoms with Gasteiger partial charge in [0.25, 0.3) is 0 Å². The molecule has 0 spiro atoms. The molecule has 1 aliphatic heterocycles. The maximum atomic E-state index is 12.5. The molecular weight excluding hydrogens is 332 g/mol. The van der Waals surface area contributed by atoms with Gasteiger partial charge in [-0.1, -0.05) is 38.1 Å². The fourth-order valence-electron chi connectivity index (χ4n) is 2.94. The van der Waals surface area contributed by atoms with Crippen molar-refractivity contribution in [1.82, 2.24) is 0 Å². The van der Waals surface area contributed by atoms with Crippen LogP contribution in [0.2, 0.25) is 0 Å². The van der Waals surface area contributed by atoms with Gasteiger partial charge in [0.15, 0.2) is 0 Å². The number of thioether (sulfide) groups is 1. The number of benzene rings is 2. The van der Waals surface area contributed by atoms with Crippen molar-refractivity contribution in [3.8, 4) is 0 Å². The van der Waals surface area contributed by atoms with E-state index in [1.807, 2.05) is 41.3 Å². The van der Waals surface area contributed by atoms with E-state index in [9.17, 15) is 9.59 Å². The molecule has 4 nitrogen and oxygen atoms in total. The topological polar surface area (TPSA) is 49.4 Å². The highest BCUT2D eigenvalue weighted by Crippen LogP contribution is 2.42. The first kappa shape index (κ1) is 17.5. The van der Waals surface area contributed by atoms with Crippen LogP contribution in [0, 0.1) is 0 Å². The van der Waals surface area contributed by atoms with Crippen molar-refractivity contribution in [2.45, 2.75) is 32.1 Å². The van der Waals surface area contributed by atoms with Crippen LogP contribution < -0.4 is 10.2 Å². The highest BCUT2D eigenvalue weighted by Gasteiger charge is 2.34. The third kappa shape index (κ3) is 3.87. The first-order valence-corrected chi connectivity index (χ1v) is 9.42. The summed E-state index contributed by atoms with van der Waals surface area (Å²) in [7, 11) is 0. The van der Waals surface area contributed by atoms with Crippen molar-refractivity contribution in [1.29, 1.82) is 0 Å². The van der Waals surface area contributed by atoms with E-state index in [1.54, 1.807) is 11.8 Å². The van der Waals surface area contributed by atoms with E-state index in [2.05, 4.69) is 31.3 Å². The third-order valence-electron chi connectivity index (χ3n) is 4.20. The largest absolute Gasteiger partial charge is 0.326 e. The Morgan fingerprint density at radius 2 is 1.92 bits per heavy atom. The second-order valence-corrected chi connectivity index (χ2v) is 7.55. The molecule has 0 unspecified atom stereocenters. The van der Waals surface area contributed by atoms with Gasteiger partial charge in [0.1, 0.15) is 5.37 Å². The van der Waals surface area contributed by atoms with E-state index in [4.69, 9.17) is 0 Å². The van der Waals surface area contributed by atoms with E-state index in [-0.39, 0.29) is 17.2 Å². The van der Waals surface area contributed by atoms with Gasteiger partial charge in [0, 0.05) is 18.3 Å². The molecule has 0 aliphatic carbocycles. The molecule has 1 fully saturated rings. The van der Waals surface area contributed by atoms with Crippen molar-refractivity contribution < 1.29 is 9.59 Å². The zero-order chi connectivity index (χ0) is 18.0. The lowest BCUT2D eigenvalue weighted by molar-refractivity contribution is -0.116. The molecule has 130 valence electrons. The number of carbonyl (C=O) groups is 2. The highest BCUT2D eigenvalue weighted by atomic mass is 32.2. The van der Waals surface area contributed by atoms with Crippen LogP contribution in [-0.4, -0.2) is 17.6 Å². The molecule has 0 radical (unpaired) electrons. The third-order valence-corrected chi connectivity index (χ3v) is 5.41. The summed E-state index contributed by atoms with van der Waals surface area (Å²) in [6, 6.07) is 15.9. The van der Waals surface area contributed by atoms with Gasteiger partial charge in [-0.25, -0.2) is 0 Å². The predicted molar refractivity (Wildman–Crippen MR) is 104 cm³/mol. The van der Waals surface area contributed by atoms with Crippen molar-refractivity contribution in [3.05, 3.63) is 59.7 Å². The summed E-state index contributed by atoms with van der Waals surface area (Å²) in [5.74, 6) is 0.925. The second kappa shape index (κ2) is 7.31. The molecule has 0 saturated carbocycles. The summed E-state index contributed by atoms with van der Waals surface area (Å²) in [5, 5.41) is 2.73. The Kier molecular flexibility index (Phi) is 5.13. The van der Waals surface area contributed by atoms with E-state index in [1.165, 1.54) is 12.5 Å². The van der Waals surface area contributed by atoms with Crippen molar-refractivity contribution in [2.24, 2.45) is 0 Å². The molecule has 1 saturated heterocycles. The van der Waals surface area contributed by atoms with Gasteiger partial charge in [-0.3, -0.25) is 14.5 Å². The molecule has 1 N–H and O–H groups in total. The van der Waals surface area contributed by atoms with E-state index in [0.717, 1.165) is 16.9 Å². The van der Waals surface area contributed by atoms with Gasteiger partial charge in [-0.05, 0) is 41.3 Å². The standard InChI is InChI=1S/C20H22N2O2S/c1-13(2)15-7-9-18(10-8-15)22-19(24)12-25-20(22)16-5-4-6-17(11-16)21-14(3)23/h4-11,13,20H,12H2,1-3H3,(H,21,23)/t20-/m0/s1. The highest BCUT2D eigenvalue weighted by molar-refractivity contribution is 8.00. The number of anilines is 2. The van der Waals surface area contributed by atoms with Crippen molar-refractivity contribution in [3.63, 3.8) is 0 Å². The van der Waals surface area contributed by atoms with Crippen LogP contribution >= 0.6 is 11.8 Å². The van der Waals surface area contributed by atoms with Crippen LogP contribution in [0.15, 0.2) is 48.5 Å². The Balaban J connectivity index is 1.90. The lowest BCUT2D eigenvalue weighted by Gasteiger charge is -2.25. The summed E-state index contributed by atoms with van der Waals surface area (Å²) in [5.41, 5.74) is 3.93. The minimum Gasteiger partial charge on any atom is -0.326 e. The first-order valence-electron chi connectivity index (χ1n) is 8.37. The fourth-order valence-corrected chi connectivity index (χ4v) is 4.11. The molecule has 0 aromatic heterocycles. The molecule has 2 aromatic rings. The molecule has 2 amide bonds.